The first-order valence-electron chi connectivity index (χ1n) is 4.04. The van der Waals surface area contributed by atoms with Gasteiger partial charge in [0.1, 0.15) is 0 Å². The van der Waals surface area contributed by atoms with E-state index in [4.69, 9.17) is 5.11 Å². The van der Waals surface area contributed by atoms with E-state index in [1.807, 2.05) is 19.9 Å². The Morgan fingerprint density at radius 3 is 2.75 bits per heavy atom. The van der Waals surface area contributed by atoms with Crippen molar-refractivity contribution in [2.75, 3.05) is 0 Å². The minimum atomic E-state index is -0.792. The standard InChI is InChI=1S/C9H13NO2/c1-3-9(5-8(11)12)4-7(2)6-10-9/h4,6H,3,5H2,1-2H3,(H,11,12). The molecule has 0 aromatic rings. The Morgan fingerprint density at radius 1 is 1.75 bits per heavy atom. The minimum absolute atomic E-state index is 0.0946. The summed E-state index contributed by atoms with van der Waals surface area (Å²) in [5, 5.41) is 8.65. The van der Waals surface area contributed by atoms with Gasteiger partial charge in [0.2, 0.25) is 0 Å². The zero-order valence-corrected chi connectivity index (χ0v) is 7.37. The van der Waals surface area contributed by atoms with Crippen molar-refractivity contribution >= 4 is 12.2 Å². The van der Waals surface area contributed by atoms with E-state index in [-0.39, 0.29) is 6.42 Å². The van der Waals surface area contributed by atoms with Crippen LogP contribution < -0.4 is 0 Å². The molecule has 0 saturated carbocycles. The van der Waals surface area contributed by atoms with Crippen molar-refractivity contribution in [3.8, 4) is 0 Å². The van der Waals surface area contributed by atoms with Crippen molar-refractivity contribution in [1.82, 2.24) is 0 Å². The fourth-order valence-corrected chi connectivity index (χ4v) is 1.41. The Morgan fingerprint density at radius 2 is 2.42 bits per heavy atom. The summed E-state index contributed by atoms with van der Waals surface area (Å²) in [6, 6.07) is 0. The van der Waals surface area contributed by atoms with E-state index < -0.39 is 11.5 Å². The van der Waals surface area contributed by atoms with Crippen LogP contribution in [0.3, 0.4) is 0 Å². The van der Waals surface area contributed by atoms with E-state index in [0.29, 0.717) is 0 Å². The zero-order chi connectivity index (χ0) is 9.19. The van der Waals surface area contributed by atoms with Gasteiger partial charge in [0.15, 0.2) is 0 Å². The molecule has 1 aliphatic rings. The number of rotatable bonds is 3. The molecule has 0 amide bonds. The van der Waals surface area contributed by atoms with E-state index in [0.717, 1.165) is 12.0 Å². The molecule has 1 atom stereocenters. The number of carboxylic acid groups (broad SMARTS) is 1. The molecular weight excluding hydrogens is 154 g/mol. The van der Waals surface area contributed by atoms with Crippen molar-refractivity contribution in [2.45, 2.75) is 32.2 Å². The molecule has 1 N–H and O–H groups in total. The molecule has 1 aliphatic heterocycles. The predicted molar refractivity (Wildman–Crippen MR) is 47.5 cm³/mol. The summed E-state index contributed by atoms with van der Waals surface area (Å²) in [4.78, 5) is 14.7. The fraction of sp³-hybridized carbons (Fsp3) is 0.556. The van der Waals surface area contributed by atoms with Crippen LogP contribution in [0.4, 0.5) is 0 Å². The molecule has 1 heterocycles. The molecule has 1 unspecified atom stereocenters. The lowest BCUT2D eigenvalue weighted by atomic mass is 9.93. The van der Waals surface area contributed by atoms with Crippen LogP contribution in [0, 0.1) is 0 Å². The van der Waals surface area contributed by atoms with Gasteiger partial charge in [0, 0.05) is 6.21 Å². The molecule has 0 saturated heterocycles. The van der Waals surface area contributed by atoms with Gasteiger partial charge in [-0.25, -0.2) is 0 Å². The lowest BCUT2D eigenvalue weighted by molar-refractivity contribution is -0.137. The molecule has 3 heteroatoms. The maximum absolute atomic E-state index is 10.5. The summed E-state index contributed by atoms with van der Waals surface area (Å²) in [5.74, 6) is -0.792. The Hall–Kier alpha value is -1.12. The smallest absolute Gasteiger partial charge is 0.306 e. The molecule has 12 heavy (non-hydrogen) atoms. The maximum Gasteiger partial charge on any atom is 0.306 e. The third-order valence-electron chi connectivity index (χ3n) is 2.09. The van der Waals surface area contributed by atoms with Crippen LogP contribution in [0.25, 0.3) is 0 Å². The molecule has 0 radical (unpaired) electrons. The molecule has 0 aromatic carbocycles. The molecular formula is C9H13NO2. The topological polar surface area (TPSA) is 49.7 Å². The van der Waals surface area contributed by atoms with Crippen LogP contribution >= 0.6 is 0 Å². The number of hydrogen-bond donors (Lipinski definition) is 1. The van der Waals surface area contributed by atoms with Crippen LogP contribution in [0.2, 0.25) is 0 Å². The summed E-state index contributed by atoms with van der Waals surface area (Å²) < 4.78 is 0. The van der Waals surface area contributed by atoms with E-state index in [2.05, 4.69) is 4.99 Å². The number of nitrogens with zero attached hydrogens (tertiary/aromatic N) is 1. The van der Waals surface area contributed by atoms with Crippen molar-refractivity contribution in [3.05, 3.63) is 11.6 Å². The summed E-state index contributed by atoms with van der Waals surface area (Å²) in [7, 11) is 0. The van der Waals surface area contributed by atoms with Gasteiger partial charge in [-0.15, -0.1) is 0 Å². The second kappa shape index (κ2) is 3.09. The van der Waals surface area contributed by atoms with Crippen LogP contribution in [0.15, 0.2) is 16.6 Å². The fourth-order valence-electron chi connectivity index (χ4n) is 1.41. The first kappa shape index (κ1) is 8.97. The van der Waals surface area contributed by atoms with Crippen LogP contribution in [-0.2, 0) is 4.79 Å². The van der Waals surface area contributed by atoms with Gasteiger partial charge >= 0.3 is 5.97 Å². The first-order chi connectivity index (χ1) is 5.58. The van der Waals surface area contributed by atoms with Crippen molar-refractivity contribution in [3.63, 3.8) is 0 Å². The van der Waals surface area contributed by atoms with E-state index in [1.54, 1.807) is 6.21 Å². The van der Waals surface area contributed by atoms with E-state index >= 15 is 0 Å². The molecule has 0 spiro atoms. The molecule has 3 nitrogen and oxygen atoms in total. The highest BCUT2D eigenvalue weighted by Crippen LogP contribution is 2.27. The molecule has 0 fully saturated rings. The predicted octanol–water partition coefficient (Wildman–Crippen LogP) is 1.64. The molecule has 0 bridgehead atoms. The van der Waals surface area contributed by atoms with E-state index in [9.17, 15) is 4.79 Å². The Kier molecular flexibility index (Phi) is 2.31. The zero-order valence-electron chi connectivity index (χ0n) is 7.37. The number of aliphatic carboxylic acids is 1. The SMILES string of the molecule is CCC1(CC(=O)O)C=C(C)C=N1. The van der Waals surface area contributed by atoms with Gasteiger partial charge < -0.3 is 5.11 Å². The quantitative estimate of drug-likeness (QED) is 0.694. The number of carbonyl (C=O) groups is 1. The van der Waals surface area contributed by atoms with Gasteiger partial charge in [0.25, 0.3) is 0 Å². The number of hydrogen-bond acceptors (Lipinski definition) is 2. The van der Waals surface area contributed by atoms with Gasteiger partial charge in [-0.1, -0.05) is 13.0 Å². The van der Waals surface area contributed by atoms with Gasteiger partial charge in [-0.2, -0.15) is 0 Å². The minimum Gasteiger partial charge on any atom is -0.481 e. The van der Waals surface area contributed by atoms with Crippen LogP contribution in [0.1, 0.15) is 26.7 Å². The second-order valence-corrected chi connectivity index (χ2v) is 3.17. The third kappa shape index (κ3) is 1.72. The number of allylic oxidation sites excluding steroid dienone is 1. The summed E-state index contributed by atoms with van der Waals surface area (Å²) in [6.07, 6.45) is 4.51. The second-order valence-electron chi connectivity index (χ2n) is 3.17. The summed E-state index contributed by atoms with van der Waals surface area (Å²) >= 11 is 0. The molecule has 0 aliphatic carbocycles. The average Bonchev–Trinajstić information content (AvgIpc) is 2.32. The summed E-state index contributed by atoms with van der Waals surface area (Å²) in [5.41, 5.74) is 0.591. The van der Waals surface area contributed by atoms with Crippen molar-refractivity contribution in [1.29, 1.82) is 0 Å². The van der Waals surface area contributed by atoms with Crippen LogP contribution in [0.5, 0.6) is 0 Å². The highest BCUT2D eigenvalue weighted by Gasteiger charge is 2.30. The maximum atomic E-state index is 10.5. The highest BCUT2D eigenvalue weighted by molar-refractivity contribution is 5.83. The lowest BCUT2D eigenvalue weighted by Gasteiger charge is -2.19. The van der Waals surface area contributed by atoms with Gasteiger partial charge in [0.05, 0.1) is 12.0 Å². The van der Waals surface area contributed by atoms with Crippen molar-refractivity contribution in [2.24, 2.45) is 4.99 Å². The Bertz CT molecular complexity index is 255. The van der Waals surface area contributed by atoms with Crippen molar-refractivity contribution < 1.29 is 9.90 Å². The average molecular weight is 167 g/mol. The highest BCUT2D eigenvalue weighted by atomic mass is 16.4. The number of aliphatic imine (C=N–C) groups is 1. The number of carboxylic acids is 1. The van der Waals surface area contributed by atoms with E-state index in [1.165, 1.54) is 0 Å². The molecule has 1 rings (SSSR count). The first-order valence-corrected chi connectivity index (χ1v) is 4.04. The Balaban J connectivity index is 2.79. The lowest BCUT2D eigenvalue weighted by Crippen LogP contribution is -2.24. The Labute approximate surface area is 71.8 Å². The molecule has 0 aromatic heterocycles. The normalized spacial score (nSPS) is 27.3. The monoisotopic (exact) mass is 167 g/mol. The van der Waals surface area contributed by atoms with Gasteiger partial charge in [-0.3, -0.25) is 9.79 Å². The largest absolute Gasteiger partial charge is 0.481 e. The van der Waals surface area contributed by atoms with Crippen LogP contribution in [-0.4, -0.2) is 22.8 Å². The summed E-state index contributed by atoms with van der Waals surface area (Å²) in [6.45, 7) is 3.89. The third-order valence-corrected chi connectivity index (χ3v) is 2.09. The van der Waals surface area contributed by atoms with Gasteiger partial charge in [-0.05, 0) is 18.9 Å². The molecule has 66 valence electrons.